The molecule has 1 aromatic rings. The summed E-state index contributed by atoms with van der Waals surface area (Å²) in [6.07, 6.45) is 5.52. The van der Waals surface area contributed by atoms with E-state index in [1.807, 2.05) is 12.1 Å². The molecule has 0 aromatic heterocycles. The molecule has 1 aliphatic heterocycles. The average molecular weight is 532 g/mol. The Hall–Kier alpha value is -2.81. The van der Waals surface area contributed by atoms with Crippen LogP contribution in [-0.2, 0) is 30.8 Å². The molecule has 1 saturated carbocycles. The number of amides is 1. The average Bonchev–Trinajstić information content (AvgIpc) is 2.83. The van der Waals surface area contributed by atoms with Crippen LogP contribution in [0.5, 0.6) is 5.75 Å². The number of ether oxygens (including phenoxy) is 4. The van der Waals surface area contributed by atoms with E-state index in [0.717, 1.165) is 12.8 Å². The van der Waals surface area contributed by atoms with E-state index in [-0.39, 0.29) is 11.3 Å². The van der Waals surface area contributed by atoms with Gasteiger partial charge >= 0.3 is 18.2 Å². The molecule has 5 atom stereocenters. The summed E-state index contributed by atoms with van der Waals surface area (Å²) in [6.45, 7) is 9.27. The molecule has 4 rings (SSSR count). The third kappa shape index (κ3) is 6.08. The zero-order chi connectivity index (χ0) is 27.7. The van der Waals surface area contributed by atoms with Gasteiger partial charge in [-0.15, -0.1) is 0 Å². The lowest BCUT2D eigenvalue weighted by Crippen LogP contribution is -3.16. The molecule has 0 spiro atoms. The summed E-state index contributed by atoms with van der Waals surface area (Å²) in [5, 5.41) is 2.51. The largest absolute Gasteiger partial charge is 0.516 e. The Labute approximate surface area is 225 Å². The van der Waals surface area contributed by atoms with Gasteiger partial charge in [-0.25, -0.2) is 14.4 Å². The van der Waals surface area contributed by atoms with Crippen molar-refractivity contribution in [3.63, 3.8) is 0 Å². The molecule has 3 aliphatic rings. The minimum absolute atomic E-state index is 0.168. The molecular formula is C29H43N2O7+. The number of quaternary nitrogens is 1. The van der Waals surface area contributed by atoms with Gasteiger partial charge < -0.3 is 29.2 Å². The summed E-state index contributed by atoms with van der Waals surface area (Å²) in [7, 11) is 2.32. The molecule has 210 valence electrons. The predicted octanol–water partition coefficient (Wildman–Crippen LogP) is 3.52. The van der Waals surface area contributed by atoms with E-state index in [0.29, 0.717) is 17.7 Å². The van der Waals surface area contributed by atoms with E-state index in [1.165, 1.54) is 43.4 Å². The quantitative estimate of drug-likeness (QED) is 0.329. The fourth-order valence-electron chi connectivity index (χ4n) is 6.68. The maximum atomic E-state index is 12.5. The van der Waals surface area contributed by atoms with Crippen LogP contribution in [0.25, 0.3) is 0 Å². The van der Waals surface area contributed by atoms with Gasteiger partial charge in [0.25, 0.3) is 0 Å². The van der Waals surface area contributed by atoms with Crippen LogP contribution in [0.4, 0.5) is 9.59 Å². The van der Waals surface area contributed by atoms with E-state index in [9.17, 15) is 14.4 Å². The summed E-state index contributed by atoms with van der Waals surface area (Å²) >= 11 is 0. The summed E-state index contributed by atoms with van der Waals surface area (Å²) in [4.78, 5) is 38.7. The van der Waals surface area contributed by atoms with E-state index >= 15 is 0 Å². The predicted molar refractivity (Wildman–Crippen MR) is 140 cm³/mol. The smallest absolute Gasteiger partial charge is 0.444 e. The number of carbonyl (C=O) groups is 3. The normalized spacial score (nSPS) is 26.9. The van der Waals surface area contributed by atoms with Crippen molar-refractivity contribution in [2.75, 3.05) is 20.4 Å². The maximum Gasteiger partial charge on any atom is 0.516 e. The van der Waals surface area contributed by atoms with E-state index in [1.54, 1.807) is 39.5 Å². The number of nitrogens with one attached hydrogen (secondary N) is 2. The highest BCUT2D eigenvalue weighted by Crippen LogP contribution is 2.53. The first kappa shape index (κ1) is 28.2. The second-order valence-electron chi connectivity index (χ2n) is 12.4. The number of hydrogen-bond acceptors (Lipinski definition) is 7. The molecule has 2 aliphatic carbocycles. The van der Waals surface area contributed by atoms with Gasteiger partial charge in [0.2, 0.25) is 6.79 Å². The van der Waals surface area contributed by atoms with Gasteiger partial charge in [0.15, 0.2) is 0 Å². The van der Waals surface area contributed by atoms with Crippen molar-refractivity contribution in [3.8, 4) is 5.75 Å². The molecule has 3 unspecified atom stereocenters. The van der Waals surface area contributed by atoms with Crippen LogP contribution < -0.4 is 15.0 Å². The molecule has 1 amide bonds. The van der Waals surface area contributed by atoms with Crippen LogP contribution in [0.1, 0.15) is 77.8 Å². The Kier molecular flexibility index (Phi) is 8.26. The first-order valence-corrected chi connectivity index (χ1v) is 13.9. The molecule has 2 N–H and O–H groups in total. The number of likely N-dealkylation sites (N-methyl/N-ethyl adjacent to an activating group) is 1. The number of rotatable bonds is 6. The highest BCUT2D eigenvalue weighted by molar-refractivity contribution is 5.81. The first-order valence-electron chi connectivity index (χ1n) is 13.9. The van der Waals surface area contributed by atoms with E-state index in [4.69, 9.17) is 18.9 Å². The number of fused-ring (bicyclic) bond motifs is 1. The molecule has 1 heterocycles. The second kappa shape index (κ2) is 11.1. The third-order valence-corrected chi connectivity index (χ3v) is 8.41. The van der Waals surface area contributed by atoms with Crippen molar-refractivity contribution in [2.45, 2.75) is 96.2 Å². The van der Waals surface area contributed by atoms with Crippen LogP contribution in [0.15, 0.2) is 18.2 Å². The molecule has 1 aromatic carbocycles. The molecule has 2 fully saturated rings. The fraction of sp³-hybridized carbons (Fsp3) is 0.690. The number of alkyl carbamates (subject to hydrolysis) is 1. The fourth-order valence-corrected chi connectivity index (χ4v) is 6.68. The number of likely N-dealkylation sites (tertiary alicyclic amines) is 1. The Morgan fingerprint density at radius 2 is 1.89 bits per heavy atom. The van der Waals surface area contributed by atoms with Gasteiger partial charge in [-0.05, 0) is 62.8 Å². The topological polar surface area (TPSA) is 105 Å². The van der Waals surface area contributed by atoms with Crippen molar-refractivity contribution in [2.24, 2.45) is 11.8 Å². The lowest BCUT2D eigenvalue weighted by Gasteiger charge is -2.56. The Balaban J connectivity index is 1.34. The van der Waals surface area contributed by atoms with E-state index < -0.39 is 36.7 Å². The summed E-state index contributed by atoms with van der Waals surface area (Å²) < 4.78 is 20.8. The molecule has 1 saturated heterocycles. The van der Waals surface area contributed by atoms with Gasteiger partial charge in [0.1, 0.15) is 17.4 Å². The highest BCUT2D eigenvalue weighted by Gasteiger charge is 2.55. The maximum absolute atomic E-state index is 12.5. The Bertz CT molecular complexity index is 1050. The monoisotopic (exact) mass is 531 g/mol. The van der Waals surface area contributed by atoms with Crippen LogP contribution in [0.3, 0.4) is 0 Å². The van der Waals surface area contributed by atoms with Gasteiger partial charge in [-0.3, -0.25) is 0 Å². The van der Waals surface area contributed by atoms with Gasteiger partial charge in [-0.1, -0.05) is 32.8 Å². The summed E-state index contributed by atoms with van der Waals surface area (Å²) in [6, 6.07) is 5.63. The van der Waals surface area contributed by atoms with Crippen molar-refractivity contribution in [1.29, 1.82) is 0 Å². The minimum Gasteiger partial charge on any atom is -0.444 e. The van der Waals surface area contributed by atoms with Crippen molar-refractivity contribution < 1.29 is 38.2 Å². The lowest BCUT2D eigenvalue weighted by atomic mass is 9.52. The molecule has 0 radical (unpaired) electrons. The molecule has 9 nitrogen and oxygen atoms in total. The number of carbonyl (C=O) groups excluding carboxylic acids is 3. The SMILES string of the molecule is CC(C)C(NC(=O)OC(C)(C)C)C(=O)OCOC(=O)Oc1ccc2c(c1)[C@]13CCCC[C@@H]1C(C2)[NH+](C)CC3. The minimum atomic E-state index is -0.951. The summed E-state index contributed by atoms with van der Waals surface area (Å²) in [5.41, 5.74) is 2.16. The van der Waals surface area contributed by atoms with Gasteiger partial charge in [-0.2, -0.15) is 0 Å². The van der Waals surface area contributed by atoms with Crippen molar-refractivity contribution in [1.82, 2.24) is 5.32 Å². The molecule has 38 heavy (non-hydrogen) atoms. The molecular weight excluding hydrogens is 488 g/mol. The van der Waals surface area contributed by atoms with Crippen LogP contribution in [-0.4, -0.2) is 56.3 Å². The van der Waals surface area contributed by atoms with Crippen molar-refractivity contribution in [3.05, 3.63) is 29.3 Å². The number of benzene rings is 1. The molecule has 2 bridgehead atoms. The highest BCUT2D eigenvalue weighted by atomic mass is 16.8. The van der Waals surface area contributed by atoms with Gasteiger partial charge in [0, 0.05) is 24.2 Å². The van der Waals surface area contributed by atoms with Crippen molar-refractivity contribution >= 4 is 18.2 Å². The lowest BCUT2D eigenvalue weighted by molar-refractivity contribution is -0.919. The number of hydrogen-bond donors (Lipinski definition) is 2. The third-order valence-electron chi connectivity index (χ3n) is 8.41. The Morgan fingerprint density at radius 3 is 2.61 bits per heavy atom. The van der Waals surface area contributed by atoms with E-state index in [2.05, 4.69) is 18.4 Å². The van der Waals surface area contributed by atoms with Crippen LogP contribution in [0.2, 0.25) is 0 Å². The van der Waals surface area contributed by atoms with Crippen LogP contribution in [0, 0.1) is 11.8 Å². The Morgan fingerprint density at radius 1 is 1.13 bits per heavy atom. The van der Waals surface area contributed by atoms with Gasteiger partial charge in [0.05, 0.1) is 19.6 Å². The number of esters is 1. The molecule has 9 heteroatoms. The zero-order valence-electron chi connectivity index (χ0n) is 23.6. The summed E-state index contributed by atoms with van der Waals surface area (Å²) in [5.74, 6) is 0.118. The standard InChI is InChI=1S/C29H42N2O7/c1-18(2)24(30-26(33)38-28(3,4)5)25(32)35-17-36-27(34)37-20-11-10-19-15-23-21-9-7-8-12-29(21,22(19)16-20)13-14-31(23)6/h10-11,16,18,21,23-24H,7-9,12-15,17H2,1-6H3,(H,30,33)/p+1/t21-,23?,24?,29+/m1/s1. The zero-order valence-corrected chi connectivity index (χ0v) is 23.6. The van der Waals surface area contributed by atoms with Crippen LogP contribution >= 0.6 is 0 Å². The number of piperidine rings is 1. The first-order chi connectivity index (χ1) is 17.9. The second-order valence-corrected chi connectivity index (χ2v) is 12.4.